The van der Waals surface area contributed by atoms with Gasteiger partial charge in [-0.25, -0.2) is 4.57 Å². The maximum atomic E-state index is 9.51. The summed E-state index contributed by atoms with van der Waals surface area (Å²) >= 11 is 0.0849. The van der Waals surface area contributed by atoms with Gasteiger partial charge in [0, 0.05) is 21.7 Å². The average Bonchev–Trinajstić information content (AvgIpc) is 1.35. The topological polar surface area (TPSA) is 66.8 Å². The molecule has 0 bridgehead atoms. The van der Waals surface area contributed by atoms with Crippen LogP contribution in [0.15, 0.2) is 0 Å². The molecule has 0 saturated carbocycles. The van der Waals surface area contributed by atoms with E-state index in [1.165, 1.54) is 0 Å². The Bertz CT molecular complexity index is 84.6. The fraction of sp³-hybridized carbons (Fsp3) is 0. The van der Waals surface area contributed by atoms with E-state index in [1.54, 1.807) is 0 Å². The van der Waals surface area contributed by atoms with E-state index in [1.807, 2.05) is 0 Å². The Morgan fingerprint density at radius 1 is 1.62 bits per heavy atom. The summed E-state index contributed by atoms with van der Waals surface area (Å²) in [6, 6.07) is 0. The Balaban J connectivity index is -0.0000000417. The van der Waals surface area contributed by atoms with E-state index in [4.69, 9.17) is 9.79 Å². The summed E-state index contributed by atoms with van der Waals surface area (Å²) in [5, 5.41) is 0. The van der Waals surface area contributed by atoms with Crippen LogP contribution in [0.5, 0.6) is 0 Å². The van der Waals surface area contributed by atoms with Crippen molar-refractivity contribution in [1.82, 2.24) is 0 Å². The molecule has 0 aromatic carbocycles. The monoisotopic (exact) mass is 182 g/mol. The third-order valence-electron chi connectivity index (χ3n) is 0.238. The molecule has 8 heteroatoms. The number of hydrogen-bond donors (Lipinski definition) is 2. The van der Waals surface area contributed by atoms with E-state index in [0.29, 0.717) is 0 Å². The first-order valence-electron chi connectivity index (χ1n) is 1.17. The van der Waals surface area contributed by atoms with Crippen LogP contribution in [-0.2, 0) is 29.9 Å². The van der Waals surface area contributed by atoms with Crippen LogP contribution in [0, 0.1) is 0 Å². The summed E-state index contributed by atoms with van der Waals surface area (Å²) in [6.07, 6.45) is 0. The van der Waals surface area contributed by atoms with Gasteiger partial charge in [-0.15, -0.1) is 0 Å². The largest absolute Gasteiger partial charge is 1.00 e. The van der Waals surface area contributed by atoms with Crippen molar-refractivity contribution < 1.29 is 59.9 Å². The van der Waals surface area contributed by atoms with E-state index < -0.39 is 7.82 Å². The minimum Gasteiger partial charge on any atom is -1.00 e. The van der Waals surface area contributed by atoms with Crippen molar-refractivity contribution >= 4 is 24.4 Å². The normalized spacial score (nSPS) is 8.75. The minimum atomic E-state index is -4.08. The maximum Gasteiger partial charge on any atom is 1.00 e. The molecule has 42 valence electrons. The average molecular weight is 182 g/mol. The van der Waals surface area contributed by atoms with Gasteiger partial charge in [-0.05, 0) is 0 Å². The van der Waals surface area contributed by atoms with Crippen LogP contribution >= 0.6 is 7.82 Å². The number of hydrogen-bond acceptors (Lipinski definition) is 2. The van der Waals surface area contributed by atoms with Crippen LogP contribution in [0.1, 0.15) is 1.43 Å². The number of rotatable bonds is 1. The Labute approximate surface area is 83.9 Å². The molecule has 8 heavy (non-hydrogen) atoms. The molecule has 0 aromatic heterocycles. The van der Waals surface area contributed by atoms with Crippen LogP contribution in [0.3, 0.4) is 0 Å². The Kier molecular flexibility index (Phi) is 14.6. The van der Waals surface area contributed by atoms with Crippen molar-refractivity contribution in [2.45, 2.75) is 0 Å². The van der Waals surface area contributed by atoms with Gasteiger partial charge in [0.05, 0.1) is 0 Å². The first-order valence-corrected chi connectivity index (χ1v) is 3.52. The summed E-state index contributed by atoms with van der Waals surface area (Å²) < 4.78 is 13.2. The van der Waals surface area contributed by atoms with E-state index >= 15 is 0 Å². The van der Waals surface area contributed by atoms with Gasteiger partial charge in [-0.3, -0.25) is 0 Å². The Morgan fingerprint density at radius 2 is 1.75 bits per heavy atom. The zero-order valence-electron chi connectivity index (χ0n) is 5.66. The molecule has 0 unspecified atom stereocenters. The zero-order valence-corrected chi connectivity index (χ0v) is 9.11. The standard InChI is InChI=1S/Al.Li.H3O4P.Ti.3H/c;;1-5(2,3)4;;;;/h;;(H3,1,2,3,4);;;;/q2*+1;;;;;-1/p-1. The van der Waals surface area contributed by atoms with Crippen molar-refractivity contribution in [3.63, 3.8) is 0 Å². The molecule has 0 aromatic rings. The van der Waals surface area contributed by atoms with Crippen LogP contribution in [0.4, 0.5) is 0 Å². The maximum absolute atomic E-state index is 9.51. The first-order chi connectivity index (χ1) is 2.56. The number of phosphoric acid groups is 1. The third-order valence-corrected chi connectivity index (χ3v) is 2.14. The second-order valence-electron chi connectivity index (χ2n) is 0.673. The molecule has 0 saturated heterocycles. The van der Waals surface area contributed by atoms with E-state index in [0.717, 1.165) is 0 Å². The van der Waals surface area contributed by atoms with Crippen molar-refractivity contribution in [2.75, 3.05) is 0 Å². The summed E-state index contributed by atoms with van der Waals surface area (Å²) in [4.78, 5) is 15.5. The van der Waals surface area contributed by atoms with Crippen LogP contribution in [0.2, 0.25) is 0 Å². The fourth-order valence-electron chi connectivity index (χ4n) is 0. The molecule has 0 aliphatic heterocycles. The molecular weight excluding hydrogens is 177 g/mol. The van der Waals surface area contributed by atoms with Gasteiger partial charge in [0.1, 0.15) is 0 Å². The van der Waals surface area contributed by atoms with E-state index in [-0.39, 0.29) is 58.6 Å². The van der Waals surface area contributed by atoms with Crippen molar-refractivity contribution in [3.05, 3.63) is 0 Å². The van der Waals surface area contributed by atoms with E-state index in [2.05, 4.69) is 3.58 Å². The van der Waals surface area contributed by atoms with Crippen LogP contribution in [-0.4, -0.2) is 26.4 Å². The molecule has 2 N–H and O–H groups in total. The minimum absolute atomic E-state index is 0. The van der Waals surface area contributed by atoms with Crippen molar-refractivity contribution in [3.8, 4) is 0 Å². The molecule has 4 nitrogen and oxygen atoms in total. The van der Waals surface area contributed by atoms with Crippen molar-refractivity contribution in [1.29, 1.82) is 0 Å². The van der Waals surface area contributed by atoms with Gasteiger partial charge < -0.3 is 14.8 Å². The van der Waals surface area contributed by atoms with Gasteiger partial charge >= 0.3 is 43.3 Å². The fourth-order valence-corrected chi connectivity index (χ4v) is 0. The quantitative estimate of drug-likeness (QED) is 0.318. The Morgan fingerprint density at radius 3 is 1.75 bits per heavy atom. The zero-order chi connectivity index (χ0) is 5.21. The molecule has 0 spiro atoms. The third kappa shape index (κ3) is 15.7. The van der Waals surface area contributed by atoms with Gasteiger partial charge in [0.2, 0.25) is 0 Å². The summed E-state index contributed by atoms with van der Waals surface area (Å²) in [5.41, 5.74) is 0. The SMILES string of the molecule is O=P(O)(O)[O][AlH2].[H-].[Li+].[Ti]. The molecule has 0 atom stereocenters. The predicted molar refractivity (Wildman–Crippen MR) is 22.8 cm³/mol. The molecule has 0 rings (SSSR count). The van der Waals surface area contributed by atoms with Gasteiger partial charge in [-0.1, -0.05) is 0 Å². The smallest absolute Gasteiger partial charge is 1.00 e. The van der Waals surface area contributed by atoms with Crippen LogP contribution in [0.25, 0.3) is 0 Å². The predicted octanol–water partition coefficient (Wildman–Crippen LogP) is -4.24. The van der Waals surface area contributed by atoms with E-state index in [9.17, 15) is 4.57 Å². The summed E-state index contributed by atoms with van der Waals surface area (Å²) in [6.45, 7) is 0. The van der Waals surface area contributed by atoms with Gasteiger partial charge in [0.25, 0.3) is 0 Å². The van der Waals surface area contributed by atoms with Gasteiger partial charge in [-0.2, -0.15) is 0 Å². The second-order valence-corrected chi connectivity index (χ2v) is 3.11. The summed E-state index contributed by atoms with van der Waals surface area (Å²) in [7, 11) is -4.08. The van der Waals surface area contributed by atoms with Gasteiger partial charge in [0.15, 0.2) is 0 Å². The molecule has 0 heterocycles. The Hall–Kier alpha value is 1.95. The van der Waals surface area contributed by atoms with Crippen molar-refractivity contribution in [2.24, 2.45) is 0 Å². The first kappa shape index (κ1) is 16.5. The molecule has 0 aliphatic carbocycles. The molecule has 0 amide bonds. The second kappa shape index (κ2) is 7.07. The summed E-state index contributed by atoms with van der Waals surface area (Å²) in [5.74, 6) is 0. The molecule has 0 radical (unpaired) electrons. The molecule has 0 fully saturated rings. The van der Waals surface area contributed by atoms with Crippen LogP contribution < -0.4 is 18.9 Å². The molecular formula is H5AlLiO4PTi. The molecule has 0 aliphatic rings.